The Morgan fingerprint density at radius 1 is 1.00 bits per heavy atom. The van der Waals surface area contributed by atoms with E-state index in [-0.39, 0.29) is 0 Å². The van der Waals surface area contributed by atoms with Crippen molar-refractivity contribution in [3.05, 3.63) is 59.9 Å². The van der Waals surface area contributed by atoms with Crippen LogP contribution in [0.2, 0.25) is 0 Å². The van der Waals surface area contributed by atoms with Crippen LogP contribution in [0.25, 0.3) is 11.0 Å². The van der Waals surface area contributed by atoms with Crippen LogP contribution in [-0.4, -0.2) is 28.6 Å². The molecule has 0 atom stereocenters. The molecule has 6 heteroatoms. The molecule has 116 valence electrons. The monoisotopic (exact) mass is 310 g/mol. The zero-order valence-electron chi connectivity index (χ0n) is 12.6. The average molecular weight is 310 g/mol. The lowest BCUT2D eigenvalue weighted by Gasteiger charge is -2.05. The van der Waals surface area contributed by atoms with E-state index in [0.717, 1.165) is 11.0 Å². The predicted molar refractivity (Wildman–Crippen MR) is 83.5 cm³/mol. The lowest BCUT2D eigenvalue weighted by Crippen LogP contribution is -2.09. The van der Waals surface area contributed by atoms with Gasteiger partial charge in [0.2, 0.25) is 0 Å². The van der Waals surface area contributed by atoms with Gasteiger partial charge < -0.3 is 14.0 Å². The Labute approximate surface area is 132 Å². The maximum Gasteiger partial charge on any atom is 0.343 e. The largest absolute Gasteiger partial charge is 0.465 e. The second-order valence-electron chi connectivity index (χ2n) is 4.96. The summed E-state index contributed by atoms with van der Waals surface area (Å²) in [5.74, 6) is -0.541. The number of nitrogens with zero attached hydrogens (tertiary/aromatic N) is 2. The van der Waals surface area contributed by atoms with Gasteiger partial charge in [0.15, 0.2) is 0 Å². The summed E-state index contributed by atoms with van der Waals surface area (Å²) < 4.78 is 11.8. The molecule has 0 unspecified atom stereocenters. The van der Waals surface area contributed by atoms with Gasteiger partial charge >= 0.3 is 11.9 Å². The Kier molecular flexibility index (Phi) is 3.80. The van der Waals surface area contributed by atoms with Crippen LogP contribution < -0.4 is 4.74 Å². The lowest BCUT2D eigenvalue weighted by atomic mass is 10.1. The zero-order valence-corrected chi connectivity index (χ0v) is 12.6. The molecule has 0 bridgehead atoms. The lowest BCUT2D eigenvalue weighted by molar-refractivity contribution is 0.0599. The second-order valence-corrected chi connectivity index (χ2v) is 4.96. The van der Waals surface area contributed by atoms with Gasteiger partial charge in [0.1, 0.15) is 5.75 Å². The number of imidazole rings is 1. The molecule has 0 N–H and O–H groups in total. The Hall–Kier alpha value is -3.15. The maximum absolute atomic E-state index is 12.1. The molecule has 0 saturated heterocycles. The summed E-state index contributed by atoms with van der Waals surface area (Å²) in [4.78, 5) is 27.7. The molecule has 0 saturated carbocycles. The Morgan fingerprint density at radius 3 is 2.30 bits per heavy atom. The van der Waals surface area contributed by atoms with Crippen molar-refractivity contribution in [1.82, 2.24) is 9.55 Å². The summed E-state index contributed by atoms with van der Waals surface area (Å²) in [7, 11) is 3.20. The number of hydrogen-bond acceptors (Lipinski definition) is 5. The van der Waals surface area contributed by atoms with Crippen molar-refractivity contribution in [3.8, 4) is 5.75 Å². The van der Waals surface area contributed by atoms with Crippen LogP contribution in [-0.2, 0) is 11.8 Å². The summed E-state index contributed by atoms with van der Waals surface area (Å²) >= 11 is 0. The van der Waals surface area contributed by atoms with E-state index in [1.54, 1.807) is 18.5 Å². The molecule has 0 spiro atoms. The molecular formula is C17H14N2O4. The van der Waals surface area contributed by atoms with E-state index in [4.69, 9.17) is 4.74 Å². The zero-order chi connectivity index (χ0) is 16.4. The number of fused-ring (bicyclic) bond motifs is 1. The van der Waals surface area contributed by atoms with Crippen LogP contribution in [0.15, 0.2) is 48.8 Å². The molecule has 0 fully saturated rings. The van der Waals surface area contributed by atoms with Gasteiger partial charge in [-0.3, -0.25) is 0 Å². The molecule has 0 aliphatic rings. The Morgan fingerprint density at radius 2 is 1.65 bits per heavy atom. The fraction of sp³-hybridized carbons (Fsp3) is 0.118. The minimum Gasteiger partial charge on any atom is -0.465 e. The van der Waals surface area contributed by atoms with Crippen LogP contribution in [0.1, 0.15) is 20.7 Å². The highest BCUT2D eigenvalue weighted by Gasteiger charge is 2.12. The number of carbonyl (C=O) groups excluding carboxylic acids is 2. The van der Waals surface area contributed by atoms with Crippen molar-refractivity contribution in [2.24, 2.45) is 7.05 Å². The van der Waals surface area contributed by atoms with Crippen molar-refractivity contribution in [1.29, 1.82) is 0 Å². The molecule has 3 rings (SSSR count). The van der Waals surface area contributed by atoms with Crippen LogP contribution in [0.3, 0.4) is 0 Å². The maximum atomic E-state index is 12.1. The molecule has 0 radical (unpaired) electrons. The molecule has 1 aromatic heterocycles. The molecule has 1 heterocycles. The van der Waals surface area contributed by atoms with Gasteiger partial charge in [-0.15, -0.1) is 0 Å². The topological polar surface area (TPSA) is 70.4 Å². The molecule has 0 aliphatic heterocycles. The smallest absolute Gasteiger partial charge is 0.343 e. The molecule has 3 aromatic rings. The molecule has 0 amide bonds. The standard InChI is InChI=1S/C17H14N2O4/c1-19-10-18-14-9-13(7-8-15(14)19)23-17(21)12-5-3-11(4-6-12)16(20)22-2/h3-10H,1-2H3. The van der Waals surface area contributed by atoms with Gasteiger partial charge in [0.25, 0.3) is 0 Å². The second kappa shape index (κ2) is 5.92. The third kappa shape index (κ3) is 2.91. The number of methoxy groups -OCH3 is 1. The van der Waals surface area contributed by atoms with Crippen LogP contribution >= 0.6 is 0 Å². The Balaban J connectivity index is 1.78. The van der Waals surface area contributed by atoms with Gasteiger partial charge in [0, 0.05) is 13.1 Å². The van der Waals surface area contributed by atoms with E-state index in [1.165, 1.54) is 31.4 Å². The van der Waals surface area contributed by atoms with Crippen molar-refractivity contribution in [3.63, 3.8) is 0 Å². The summed E-state index contributed by atoms with van der Waals surface area (Å²) in [5.41, 5.74) is 2.42. The van der Waals surface area contributed by atoms with E-state index >= 15 is 0 Å². The summed E-state index contributed by atoms with van der Waals surface area (Å²) in [6.07, 6.45) is 1.70. The first kappa shape index (κ1) is 14.8. The highest BCUT2D eigenvalue weighted by atomic mass is 16.5. The van der Waals surface area contributed by atoms with E-state index in [9.17, 15) is 9.59 Å². The predicted octanol–water partition coefficient (Wildman–Crippen LogP) is 2.58. The van der Waals surface area contributed by atoms with E-state index < -0.39 is 11.9 Å². The van der Waals surface area contributed by atoms with Crippen LogP contribution in [0, 0.1) is 0 Å². The minimum absolute atomic E-state index is 0.346. The van der Waals surface area contributed by atoms with Gasteiger partial charge in [-0.1, -0.05) is 0 Å². The van der Waals surface area contributed by atoms with Gasteiger partial charge in [-0.2, -0.15) is 0 Å². The molecular weight excluding hydrogens is 296 g/mol. The highest BCUT2D eigenvalue weighted by Crippen LogP contribution is 2.20. The number of benzene rings is 2. The minimum atomic E-state index is -0.503. The number of aromatic nitrogens is 2. The molecule has 6 nitrogen and oxygen atoms in total. The first-order chi connectivity index (χ1) is 11.1. The summed E-state index contributed by atoms with van der Waals surface area (Å²) in [6.45, 7) is 0. The third-order valence-corrected chi connectivity index (χ3v) is 3.45. The number of esters is 2. The molecule has 2 aromatic carbocycles. The number of hydrogen-bond donors (Lipinski definition) is 0. The fourth-order valence-electron chi connectivity index (χ4n) is 2.21. The normalized spacial score (nSPS) is 10.5. The van der Waals surface area contributed by atoms with Crippen LogP contribution in [0.5, 0.6) is 5.75 Å². The first-order valence-corrected chi connectivity index (χ1v) is 6.90. The summed E-state index contributed by atoms with van der Waals surface area (Å²) in [6, 6.07) is 11.3. The first-order valence-electron chi connectivity index (χ1n) is 6.90. The van der Waals surface area contributed by atoms with Gasteiger partial charge in [0.05, 0.1) is 35.6 Å². The van der Waals surface area contributed by atoms with Gasteiger partial charge in [-0.05, 0) is 36.4 Å². The number of aryl methyl sites for hydroxylation is 1. The fourth-order valence-corrected chi connectivity index (χ4v) is 2.21. The molecule has 23 heavy (non-hydrogen) atoms. The number of rotatable bonds is 3. The Bertz CT molecular complexity index is 881. The van der Waals surface area contributed by atoms with Crippen molar-refractivity contribution in [2.75, 3.05) is 7.11 Å². The van der Waals surface area contributed by atoms with Gasteiger partial charge in [-0.25, -0.2) is 14.6 Å². The molecule has 0 aliphatic carbocycles. The van der Waals surface area contributed by atoms with E-state index in [1.807, 2.05) is 17.7 Å². The van der Waals surface area contributed by atoms with Crippen molar-refractivity contribution < 1.29 is 19.1 Å². The van der Waals surface area contributed by atoms with E-state index in [0.29, 0.717) is 16.9 Å². The van der Waals surface area contributed by atoms with E-state index in [2.05, 4.69) is 9.72 Å². The number of carbonyl (C=O) groups is 2. The number of ether oxygens (including phenoxy) is 2. The third-order valence-electron chi connectivity index (χ3n) is 3.45. The summed E-state index contributed by atoms with van der Waals surface area (Å²) in [5, 5.41) is 0. The van der Waals surface area contributed by atoms with Crippen molar-refractivity contribution >= 4 is 23.0 Å². The highest BCUT2D eigenvalue weighted by molar-refractivity contribution is 5.94. The van der Waals surface area contributed by atoms with Crippen LogP contribution in [0.4, 0.5) is 0 Å². The SMILES string of the molecule is COC(=O)c1ccc(C(=O)Oc2ccc3c(c2)ncn3C)cc1. The van der Waals surface area contributed by atoms with Crippen molar-refractivity contribution in [2.45, 2.75) is 0 Å². The quantitative estimate of drug-likeness (QED) is 0.549. The average Bonchev–Trinajstić information content (AvgIpc) is 2.95.